The molecular weight excluding hydrogens is 324 g/mol. The highest BCUT2D eigenvalue weighted by Gasteiger charge is 2.19. The van der Waals surface area contributed by atoms with Gasteiger partial charge in [0, 0.05) is 26.4 Å². The van der Waals surface area contributed by atoms with Gasteiger partial charge in [0.1, 0.15) is 0 Å². The standard InChI is InChI=1S/C22H28N2O2/c1-18(21-13-7-4-8-14-21)24(19(2)25)17-15-22(26)23-16-9-12-20-10-5-3-6-11-20/h3-8,10-11,13-14,18H,9,12,15-17H2,1-2H3,(H,23,26). The molecule has 0 spiro atoms. The average molecular weight is 352 g/mol. The molecule has 0 fully saturated rings. The van der Waals surface area contributed by atoms with Gasteiger partial charge in [-0.25, -0.2) is 0 Å². The molecule has 0 heterocycles. The lowest BCUT2D eigenvalue weighted by Gasteiger charge is -2.28. The Labute approximate surface area is 156 Å². The Kier molecular flexibility index (Phi) is 7.87. The molecule has 0 bridgehead atoms. The van der Waals surface area contributed by atoms with Crippen LogP contribution >= 0.6 is 0 Å². The quantitative estimate of drug-likeness (QED) is 0.699. The zero-order valence-corrected chi connectivity index (χ0v) is 15.7. The van der Waals surface area contributed by atoms with Crippen molar-refractivity contribution in [3.05, 3.63) is 71.8 Å². The van der Waals surface area contributed by atoms with Crippen LogP contribution in [0.5, 0.6) is 0 Å². The van der Waals surface area contributed by atoms with Crippen molar-refractivity contribution < 1.29 is 9.59 Å². The van der Waals surface area contributed by atoms with Crippen LogP contribution in [-0.4, -0.2) is 29.8 Å². The van der Waals surface area contributed by atoms with E-state index in [-0.39, 0.29) is 17.9 Å². The minimum absolute atomic E-state index is 0.00965. The fourth-order valence-corrected chi connectivity index (χ4v) is 3.01. The van der Waals surface area contributed by atoms with Gasteiger partial charge in [-0.15, -0.1) is 0 Å². The van der Waals surface area contributed by atoms with Crippen LogP contribution in [-0.2, 0) is 16.0 Å². The zero-order chi connectivity index (χ0) is 18.8. The Morgan fingerprint density at radius 2 is 1.62 bits per heavy atom. The van der Waals surface area contributed by atoms with Crippen LogP contribution < -0.4 is 5.32 Å². The van der Waals surface area contributed by atoms with Gasteiger partial charge in [-0.2, -0.15) is 0 Å². The second kappa shape index (κ2) is 10.4. The molecule has 1 N–H and O–H groups in total. The maximum Gasteiger partial charge on any atom is 0.221 e. The van der Waals surface area contributed by atoms with Gasteiger partial charge in [0.15, 0.2) is 0 Å². The first-order valence-electron chi connectivity index (χ1n) is 9.20. The molecule has 2 aromatic carbocycles. The van der Waals surface area contributed by atoms with E-state index < -0.39 is 0 Å². The van der Waals surface area contributed by atoms with Gasteiger partial charge in [0.05, 0.1) is 6.04 Å². The number of rotatable bonds is 9. The fraction of sp³-hybridized carbons (Fsp3) is 0.364. The van der Waals surface area contributed by atoms with E-state index in [4.69, 9.17) is 0 Å². The predicted molar refractivity (Wildman–Crippen MR) is 105 cm³/mol. The summed E-state index contributed by atoms with van der Waals surface area (Å²) in [6.07, 6.45) is 2.18. The van der Waals surface area contributed by atoms with E-state index in [2.05, 4.69) is 17.4 Å². The minimum Gasteiger partial charge on any atom is -0.356 e. The van der Waals surface area contributed by atoms with Gasteiger partial charge in [-0.1, -0.05) is 60.7 Å². The van der Waals surface area contributed by atoms with Gasteiger partial charge in [0.25, 0.3) is 0 Å². The van der Waals surface area contributed by atoms with E-state index in [1.54, 1.807) is 11.8 Å². The fourth-order valence-electron chi connectivity index (χ4n) is 3.01. The van der Waals surface area contributed by atoms with Crippen molar-refractivity contribution in [1.29, 1.82) is 0 Å². The first-order chi connectivity index (χ1) is 12.6. The molecule has 0 aliphatic carbocycles. The summed E-state index contributed by atoms with van der Waals surface area (Å²) in [7, 11) is 0. The molecule has 0 aromatic heterocycles. The summed E-state index contributed by atoms with van der Waals surface area (Å²) in [6, 6.07) is 20.1. The first-order valence-corrected chi connectivity index (χ1v) is 9.20. The highest BCUT2D eigenvalue weighted by atomic mass is 16.2. The molecule has 0 saturated carbocycles. The second-order valence-electron chi connectivity index (χ2n) is 6.49. The van der Waals surface area contributed by atoms with Crippen molar-refractivity contribution in [1.82, 2.24) is 10.2 Å². The molecule has 4 heteroatoms. The van der Waals surface area contributed by atoms with Crippen molar-refractivity contribution >= 4 is 11.8 Å². The minimum atomic E-state index is -0.0421. The Morgan fingerprint density at radius 3 is 2.23 bits per heavy atom. The summed E-state index contributed by atoms with van der Waals surface area (Å²) in [5, 5.41) is 2.95. The number of hydrogen-bond acceptors (Lipinski definition) is 2. The monoisotopic (exact) mass is 352 g/mol. The molecule has 138 valence electrons. The Balaban J connectivity index is 1.74. The van der Waals surface area contributed by atoms with E-state index in [0.29, 0.717) is 19.5 Å². The summed E-state index contributed by atoms with van der Waals surface area (Å²) >= 11 is 0. The molecule has 1 unspecified atom stereocenters. The third-order valence-electron chi connectivity index (χ3n) is 4.54. The summed E-state index contributed by atoms with van der Waals surface area (Å²) in [6.45, 7) is 4.63. The van der Waals surface area contributed by atoms with Crippen molar-refractivity contribution in [2.75, 3.05) is 13.1 Å². The number of nitrogens with zero attached hydrogens (tertiary/aromatic N) is 1. The zero-order valence-electron chi connectivity index (χ0n) is 15.7. The van der Waals surface area contributed by atoms with Crippen molar-refractivity contribution in [2.24, 2.45) is 0 Å². The first kappa shape index (κ1) is 19.7. The third-order valence-corrected chi connectivity index (χ3v) is 4.54. The highest BCUT2D eigenvalue weighted by molar-refractivity contribution is 5.78. The van der Waals surface area contributed by atoms with Crippen LogP contribution in [0.3, 0.4) is 0 Å². The van der Waals surface area contributed by atoms with Crippen LogP contribution in [0.4, 0.5) is 0 Å². The predicted octanol–water partition coefficient (Wildman–Crippen LogP) is 3.74. The van der Waals surface area contributed by atoms with E-state index in [9.17, 15) is 9.59 Å². The molecule has 0 saturated heterocycles. The van der Waals surface area contributed by atoms with E-state index in [1.807, 2.05) is 55.5 Å². The van der Waals surface area contributed by atoms with Crippen molar-refractivity contribution in [3.63, 3.8) is 0 Å². The maximum atomic E-state index is 12.1. The number of nitrogens with one attached hydrogen (secondary N) is 1. The second-order valence-corrected chi connectivity index (χ2v) is 6.49. The lowest BCUT2D eigenvalue weighted by Crippen LogP contribution is -2.36. The van der Waals surface area contributed by atoms with Crippen LogP contribution in [0.25, 0.3) is 0 Å². The van der Waals surface area contributed by atoms with Crippen LogP contribution in [0.15, 0.2) is 60.7 Å². The lowest BCUT2D eigenvalue weighted by atomic mass is 10.1. The summed E-state index contributed by atoms with van der Waals surface area (Å²) in [5.74, 6) is -0.0252. The van der Waals surface area contributed by atoms with Crippen LogP contribution in [0, 0.1) is 0 Å². The van der Waals surface area contributed by atoms with Gasteiger partial charge >= 0.3 is 0 Å². The average Bonchev–Trinajstić information content (AvgIpc) is 2.66. The summed E-state index contributed by atoms with van der Waals surface area (Å²) in [5.41, 5.74) is 2.35. The molecule has 0 aliphatic heterocycles. The van der Waals surface area contributed by atoms with Crippen molar-refractivity contribution in [3.8, 4) is 0 Å². The number of benzene rings is 2. The molecule has 2 amide bonds. The van der Waals surface area contributed by atoms with Crippen LogP contribution in [0.1, 0.15) is 43.9 Å². The molecule has 4 nitrogen and oxygen atoms in total. The molecule has 1 atom stereocenters. The van der Waals surface area contributed by atoms with Crippen LogP contribution in [0.2, 0.25) is 0 Å². The summed E-state index contributed by atoms with van der Waals surface area (Å²) < 4.78 is 0. The number of carbonyl (C=O) groups excluding carboxylic acids is 2. The Hall–Kier alpha value is -2.62. The van der Waals surface area contributed by atoms with E-state index in [1.165, 1.54) is 5.56 Å². The number of hydrogen-bond donors (Lipinski definition) is 1. The highest BCUT2D eigenvalue weighted by Crippen LogP contribution is 2.20. The number of amides is 2. The maximum absolute atomic E-state index is 12.1. The molecule has 2 aromatic rings. The molecule has 0 aliphatic rings. The molecule has 2 rings (SSSR count). The largest absolute Gasteiger partial charge is 0.356 e. The number of carbonyl (C=O) groups is 2. The van der Waals surface area contributed by atoms with Gasteiger partial charge in [0.2, 0.25) is 11.8 Å². The summed E-state index contributed by atoms with van der Waals surface area (Å²) in [4.78, 5) is 25.8. The van der Waals surface area contributed by atoms with E-state index in [0.717, 1.165) is 18.4 Å². The normalized spacial score (nSPS) is 11.6. The molecule has 26 heavy (non-hydrogen) atoms. The van der Waals surface area contributed by atoms with Gasteiger partial charge < -0.3 is 10.2 Å². The topological polar surface area (TPSA) is 49.4 Å². The van der Waals surface area contributed by atoms with Gasteiger partial charge in [-0.3, -0.25) is 9.59 Å². The third kappa shape index (κ3) is 6.36. The lowest BCUT2D eigenvalue weighted by molar-refractivity contribution is -0.131. The SMILES string of the molecule is CC(=O)N(CCC(=O)NCCCc1ccccc1)C(C)c1ccccc1. The number of aryl methyl sites for hydroxylation is 1. The van der Waals surface area contributed by atoms with Crippen molar-refractivity contribution in [2.45, 2.75) is 39.2 Å². The van der Waals surface area contributed by atoms with Gasteiger partial charge in [-0.05, 0) is 30.9 Å². The smallest absolute Gasteiger partial charge is 0.221 e. The Morgan fingerprint density at radius 1 is 1.00 bits per heavy atom. The molecular formula is C22H28N2O2. The molecule has 0 radical (unpaired) electrons. The Bertz CT molecular complexity index is 686. The van der Waals surface area contributed by atoms with E-state index >= 15 is 0 Å².